The number of nitrogens with one attached hydrogen (secondary N) is 1. The Bertz CT molecular complexity index is 1640. The maximum absolute atomic E-state index is 13.2. The number of aromatic nitrogens is 3. The minimum Gasteiger partial charge on any atom is -0.321 e. The summed E-state index contributed by atoms with van der Waals surface area (Å²) in [5.74, 6) is -0.405. The first-order valence-corrected chi connectivity index (χ1v) is 15.3. The van der Waals surface area contributed by atoms with E-state index < -0.39 is 15.7 Å². The number of hydrogen-bond acceptors (Lipinski definition) is 5. The highest BCUT2D eigenvalue weighted by Gasteiger charge is 2.18. The lowest BCUT2D eigenvalue weighted by Gasteiger charge is -2.12. The van der Waals surface area contributed by atoms with Crippen LogP contribution in [0, 0.1) is 6.92 Å². The summed E-state index contributed by atoms with van der Waals surface area (Å²) in [7, 11) is -3.47. The van der Waals surface area contributed by atoms with E-state index in [9.17, 15) is 13.2 Å². The van der Waals surface area contributed by atoms with Gasteiger partial charge in [0.05, 0.1) is 10.6 Å². The highest BCUT2D eigenvalue weighted by Crippen LogP contribution is 2.23. The molecule has 8 heteroatoms. The minimum atomic E-state index is -3.47. The number of rotatable bonds is 6. The molecule has 0 saturated carbocycles. The molecule has 2 aromatic carbocycles. The minimum absolute atomic E-state index is 0.0815. The zero-order valence-corrected chi connectivity index (χ0v) is 24.7. The molecule has 208 valence electrons. The third-order valence-corrected chi connectivity index (χ3v) is 6.98. The Kier molecular flexibility index (Phi) is 10.3. The van der Waals surface area contributed by atoms with E-state index >= 15 is 0 Å². The van der Waals surface area contributed by atoms with Gasteiger partial charge in [0.15, 0.2) is 9.84 Å². The molecule has 7 nitrogen and oxygen atoms in total. The molecule has 0 unspecified atom stereocenters. The summed E-state index contributed by atoms with van der Waals surface area (Å²) in [6.07, 6.45) is 6.63. The van der Waals surface area contributed by atoms with Crippen molar-refractivity contribution >= 4 is 27.1 Å². The summed E-state index contributed by atoms with van der Waals surface area (Å²) in [5, 5.41) is 2.88. The van der Waals surface area contributed by atoms with E-state index in [1.807, 2.05) is 118 Å². The van der Waals surface area contributed by atoms with E-state index in [4.69, 9.17) is 0 Å². The molecule has 1 N–H and O–H groups in total. The van der Waals surface area contributed by atoms with E-state index in [0.29, 0.717) is 17.7 Å². The van der Waals surface area contributed by atoms with Crippen molar-refractivity contribution in [2.24, 2.45) is 0 Å². The molecule has 0 spiro atoms. The van der Waals surface area contributed by atoms with Crippen molar-refractivity contribution in [1.29, 1.82) is 0 Å². The molecule has 5 rings (SSSR count). The summed E-state index contributed by atoms with van der Waals surface area (Å²) < 4.78 is 26.2. The van der Waals surface area contributed by atoms with Gasteiger partial charge in [-0.05, 0) is 54.8 Å². The number of benzene rings is 2. The maximum Gasteiger partial charge on any atom is 0.274 e. The third kappa shape index (κ3) is 7.42. The van der Waals surface area contributed by atoms with Crippen LogP contribution in [-0.2, 0) is 16.3 Å². The number of aryl methyl sites for hydroxylation is 1. The molecule has 1 amide bonds. The van der Waals surface area contributed by atoms with Gasteiger partial charge in [-0.2, -0.15) is 0 Å². The van der Waals surface area contributed by atoms with Crippen LogP contribution >= 0.6 is 0 Å². The van der Waals surface area contributed by atoms with Gasteiger partial charge >= 0.3 is 0 Å². The topological polar surface area (TPSA) is 93.4 Å². The quantitative estimate of drug-likeness (QED) is 0.243. The molecule has 0 radical (unpaired) electrons. The van der Waals surface area contributed by atoms with Crippen LogP contribution in [0.5, 0.6) is 0 Å². The standard InChI is InChI=1S/C28H24N4O3S.2C2H6/c1-19-6-8-20(9-7-19)15-22-16-24(36(2,34)35)17-29-27(22)28(33)30-23-12-10-21(11-13-23)25-18-32-14-4-3-5-26(32)31-25;2*1-2/h3-14,16-18H,15H2,1-2H3,(H,30,33);2*1-2H3. The molecule has 0 aliphatic rings. The molecular formula is C32H36N4O3S. The molecule has 0 atom stereocenters. The van der Waals surface area contributed by atoms with Crippen LogP contribution in [-0.4, -0.2) is 34.9 Å². The molecule has 0 saturated heterocycles. The zero-order valence-electron chi connectivity index (χ0n) is 23.8. The maximum atomic E-state index is 13.2. The first-order chi connectivity index (χ1) is 19.3. The van der Waals surface area contributed by atoms with Gasteiger partial charge in [-0.25, -0.2) is 18.4 Å². The molecule has 0 fully saturated rings. The van der Waals surface area contributed by atoms with Crippen LogP contribution in [0.15, 0.2) is 96.3 Å². The first kappa shape index (κ1) is 30.2. The molecule has 0 aliphatic carbocycles. The van der Waals surface area contributed by atoms with Gasteiger partial charge in [-0.15, -0.1) is 0 Å². The highest BCUT2D eigenvalue weighted by atomic mass is 32.2. The average molecular weight is 557 g/mol. The van der Waals surface area contributed by atoms with Crippen LogP contribution < -0.4 is 5.32 Å². The molecular weight excluding hydrogens is 520 g/mol. The fourth-order valence-electron chi connectivity index (χ4n) is 3.94. The van der Waals surface area contributed by atoms with Crippen molar-refractivity contribution < 1.29 is 13.2 Å². The number of carbonyl (C=O) groups is 1. The van der Waals surface area contributed by atoms with Gasteiger partial charge in [0.25, 0.3) is 5.91 Å². The SMILES string of the molecule is CC.CC.Cc1ccc(Cc2cc(S(C)(=O)=O)cnc2C(=O)Nc2ccc(-c3cn4ccccc4n3)cc2)cc1. The Hall–Kier alpha value is -4.30. The second-order valence-corrected chi connectivity index (χ2v) is 10.8. The first-order valence-electron chi connectivity index (χ1n) is 13.4. The smallest absolute Gasteiger partial charge is 0.274 e. The second-order valence-electron chi connectivity index (χ2n) is 8.74. The van der Waals surface area contributed by atoms with Gasteiger partial charge in [-0.3, -0.25) is 4.79 Å². The Labute approximate surface area is 236 Å². The van der Waals surface area contributed by atoms with Crippen LogP contribution in [0.4, 0.5) is 5.69 Å². The number of hydrogen-bond donors (Lipinski definition) is 1. The van der Waals surface area contributed by atoms with Crippen LogP contribution in [0.25, 0.3) is 16.9 Å². The van der Waals surface area contributed by atoms with Crippen molar-refractivity contribution in [1.82, 2.24) is 14.4 Å². The summed E-state index contributed by atoms with van der Waals surface area (Å²) in [6, 6.07) is 22.6. The largest absolute Gasteiger partial charge is 0.321 e. The number of amides is 1. The van der Waals surface area contributed by atoms with Crippen molar-refractivity contribution in [3.63, 3.8) is 0 Å². The fraction of sp³-hybridized carbons (Fsp3) is 0.219. The summed E-state index contributed by atoms with van der Waals surface area (Å²) >= 11 is 0. The average Bonchev–Trinajstić information content (AvgIpc) is 3.41. The Balaban J connectivity index is 0.00000106. The van der Waals surface area contributed by atoms with Gasteiger partial charge in [0.2, 0.25) is 0 Å². The fourth-order valence-corrected chi connectivity index (χ4v) is 4.55. The number of nitrogens with zero attached hydrogens (tertiary/aromatic N) is 3. The van der Waals surface area contributed by atoms with Crippen molar-refractivity contribution in [2.75, 3.05) is 11.6 Å². The number of imidazole rings is 1. The summed E-state index contributed by atoms with van der Waals surface area (Å²) in [6.45, 7) is 9.99. The lowest BCUT2D eigenvalue weighted by atomic mass is 10.0. The Morgan fingerprint density at radius 3 is 2.23 bits per heavy atom. The Morgan fingerprint density at radius 1 is 0.925 bits per heavy atom. The number of carbonyl (C=O) groups excluding carboxylic acids is 1. The van der Waals surface area contributed by atoms with E-state index in [1.54, 1.807) is 0 Å². The normalized spacial score (nSPS) is 10.7. The number of sulfone groups is 1. The summed E-state index contributed by atoms with van der Waals surface area (Å²) in [5.41, 5.74) is 6.01. The van der Waals surface area contributed by atoms with Gasteiger partial charge in [-0.1, -0.05) is 75.7 Å². The second kappa shape index (κ2) is 13.7. The zero-order chi connectivity index (χ0) is 29.3. The summed E-state index contributed by atoms with van der Waals surface area (Å²) in [4.78, 5) is 22.1. The monoisotopic (exact) mass is 556 g/mol. The van der Waals surface area contributed by atoms with E-state index in [1.165, 1.54) is 12.3 Å². The molecule has 0 aliphatic heterocycles. The third-order valence-electron chi connectivity index (χ3n) is 5.90. The molecule has 3 aromatic heterocycles. The lowest BCUT2D eigenvalue weighted by molar-refractivity contribution is 0.102. The molecule has 5 aromatic rings. The van der Waals surface area contributed by atoms with Crippen molar-refractivity contribution in [3.8, 4) is 11.3 Å². The lowest BCUT2D eigenvalue weighted by Crippen LogP contribution is -2.17. The van der Waals surface area contributed by atoms with Crippen LogP contribution in [0.1, 0.15) is 54.9 Å². The predicted octanol–water partition coefficient (Wildman–Crippen LogP) is 7.00. The van der Waals surface area contributed by atoms with E-state index in [0.717, 1.165) is 34.3 Å². The Morgan fingerprint density at radius 2 is 1.60 bits per heavy atom. The van der Waals surface area contributed by atoms with Crippen molar-refractivity contribution in [3.05, 3.63) is 114 Å². The molecule has 0 bridgehead atoms. The van der Waals surface area contributed by atoms with E-state index in [-0.39, 0.29) is 10.6 Å². The van der Waals surface area contributed by atoms with Gasteiger partial charge < -0.3 is 9.72 Å². The highest BCUT2D eigenvalue weighted by molar-refractivity contribution is 7.90. The number of anilines is 1. The molecule has 3 heterocycles. The van der Waals surface area contributed by atoms with E-state index in [2.05, 4.69) is 15.3 Å². The van der Waals surface area contributed by atoms with Crippen molar-refractivity contribution in [2.45, 2.75) is 45.9 Å². The van der Waals surface area contributed by atoms with Gasteiger partial charge in [0.1, 0.15) is 11.3 Å². The van der Waals surface area contributed by atoms with Crippen LogP contribution in [0.3, 0.4) is 0 Å². The number of fused-ring (bicyclic) bond motifs is 1. The van der Waals surface area contributed by atoms with Gasteiger partial charge in [0, 0.05) is 36.1 Å². The van der Waals surface area contributed by atoms with Crippen LogP contribution in [0.2, 0.25) is 0 Å². The number of pyridine rings is 2. The molecule has 40 heavy (non-hydrogen) atoms. The predicted molar refractivity (Wildman–Crippen MR) is 163 cm³/mol.